The molecule has 1 heterocycles. The Bertz CT molecular complexity index is 210. The molecule has 1 nitrogen and oxygen atoms in total. The summed E-state index contributed by atoms with van der Waals surface area (Å²) >= 11 is 0. The lowest BCUT2D eigenvalue weighted by Gasteiger charge is -2.19. The Hall–Kier alpha value is -0.440. The lowest BCUT2D eigenvalue weighted by Crippen LogP contribution is -2.41. The molecule has 0 radical (unpaired) electrons. The maximum absolute atomic E-state index is 12.9. The van der Waals surface area contributed by atoms with E-state index >= 15 is 0 Å². The first-order valence-electron chi connectivity index (χ1n) is 3.41. The SMILES string of the molecule is CC1=C[C@]12NCCC2(F)F. The predicted molar refractivity (Wildman–Crippen MR) is 34.1 cm³/mol. The summed E-state index contributed by atoms with van der Waals surface area (Å²) in [7, 11) is 0. The zero-order valence-electron chi connectivity index (χ0n) is 5.75. The molecule has 0 aromatic rings. The average molecular weight is 145 g/mol. The van der Waals surface area contributed by atoms with Crippen LogP contribution >= 0.6 is 0 Å². The number of hydrogen-bond donors (Lipinski definition) is 1. The van der Waals surface area contributed by atoms with Crippen molar-refractivity contribution < 1.29 is 8.78 Å². The van der Waals surface area contributed by atoms with Gasteiger partial charge >= 0.3 is 0 Å². The maximum Gasteiger partial charge on any atom is 0.274 e. The fourth-order valence-corrected chi connectivity index (χ4v) is 1.62. The molecular weight excluding hydrogens is 136 g/mol. The highest BCUT2D eigenvalue weighted by molar-refractivity contribution is 5.49. The van der Waals surface area contributed by atoms with Crippen LogP contribution in [0.25, 0.3) is 0 Å². The molecule has 1 aliphatic heterocycles. The first-order valence-corrected chi connectivity index (χ1v) is 3.41. The van der Waals surface area contributed by atoms with E-state index in [2.05, 4.69) is 5.32 Å². The largest absolute Gasteiger partial charge is 0.299 e. The van der Waals surface area contributed by atoms with Crippen molar-refractivity contribution in [3.05, 3.63) is 11.6 Å². The van der Waals surface area contributed by atoms with Gasteiger partial charge in [0, 0.05) is 13.0 Å². The lowest BCUT2D eigenvalue weighted by atomic mass is 10.1. The van der Waals surface area contributed by atoms with E-state index in [1.165, 1.54) is 0 Å². The second-order valence-corrected chi connectivity index (χ2v) is 3.02. The molecule has 1 saturated heterocycles. The molecule has 0 amide bonds. The lowest BCUT2D eigenvalue weighted by molar-refractivity contribution is -0.0141. The number of nitrogens with one attached hydrogen (secondary N) is 1. The van der Waals surface area contributed by atoms with Gasteiger partial charge in [-0.25, -0.2) is 8.78 Å². The molecule has 2 aliphatic rings. The van der Waals surface area contributed by atoms with Crippen LogP contribution in [0.2, 0.25) is 0 Å². The van der Waals surface area contributed by atoms with Crippen LogP contribution in [0.4, 0.5) is 8.78 Å². The molecule has 10 heavy (non-hydrogen) atoms. The molecule has 3 heteroatoms. The van der Waals surface area contributed by atoms with E-state index in [4.69, 9.17) is 0 Å². The van der Waals surface area contributed by atoms with Crippen molar-refractivity contribution in [3.8, 4) is 0 Å². The fourth-order valence-electron chi connectivity index (χ4n) is 1.62. The third kappa shape index (κ3) is 0.498. The highest BCUT2D eigenvalue weighted by atomic mass is 19.3. The summed E-state index contributed by atoms with van der Waals surface area (Å²) in [4.78, 5) is 0. The molecule has 1 aliphatic carbocycles. The van der Waals surface area contributed by atoms with Gasteiger partial charge in [0.1, 0.15) is 5.54 Å². The summed E-state index contributed by atoms with van der Waals surface area (Å²) in [6, 6.07) is 0. The monoisotopic (exact) mass is 145 g/mol. The Balaban J connectivity index is 2.25. The van der Waals surface area contributed by atoms with E-state index in [9.17, 15) is 8.78 Å². The van der Waals surface area contributed by atoms with Crippen molar-refractivity contribution >= 4 is 0 Å². The predicted octanol–water partition coefficient (Wildman–Crippen LogP) is 1.31. The number of rotatable bonds is 0. The fraction of sp³-hybridized carbons (Fsp3) is 0.714. The van der Waals surface area contributed by atoms with E-state index in [1.54, 1.807) is 13.0 Å². The van der Waals surface area contributed by atoms with Crippen molar-refractivity contribution in [1.82, 2.24) is 5.32 Å². The molecule has 0 unspecified atom stereocenters. The summed E-state index contributed by atoms with van der Waals surface area (Å²) in [5.41, 5.74) is -0.206. The van der Waals surface area contributed by atoms with Crippen LogP contribution in [0.1, 0.15) is 13.3 Å². The smallest absolute Gasteiger partial charge is 0.274 e. The molecule has 1 atom stereocenters. The molecular formula is C7H9F2N. The van der Waals surface area contributed by atoms with E-state index in [0.717, 1.165) is 5.57 Å². The number of alkyl halides is 2. The molecule has 1 N–H and O–H groups in total. The van der Waals surface area contributed by atoms with E-state index in [1.807, 2.05) is 0 Å². The quantitative estimate of drug-likeness (QED) is 0.507. The van der Waals surface area contributed by atoms with Crippen molar-refractivity contribution in [2.75, 3.05) is 6.54 Å². The Kier molecular flexibility index (Phi) is 0.892. The standard InChI is InChI=1S/C7H9F2N/c1-5-4-6(5)7(8,9)2-3-10-6/h4,10H,2-3H2,1H3/t6-/m0/s1. The zero-order valence-corrected chi connectivity index (χ0v) is 5.75. The highest BCUT2D eigenvalue weighted by Crippen LogP contribution is 2.51. The molecule has 56 valence electrons. The minimum atomic E-state index is -2.53. The van der Waals surface area contributed by atoms with Crippen LogP contribution in [-0.2, 0) is 0 Å². The van der Waals surface area contributed by atoms with Gasteiger partial charge in [-0.2, -0.15) is 0 Å². The molecule has 1 fully saturated rings. The van der Waals surface area contributed by atoms with Gasteiger partial charge < -0.3 is 0 Å². The summed E-state index contributed by atoms with van der Waals surface area (Å²) in [5.74, 6) is -2.53. The molecule has 0 aromatic heterocycles. The number of hydrogen-bond acceptors (Lipinski definition) is 1. The van der Waals surface area contributed by atoms with Gasteiger partial charge in [0.05, 0.1) is 0 Å². The van der Waals surface area contributed by atoms with E-state index in [0.29, 0.717) is 6.54 Å². The summed E-state index contributed by atoms with van der Waals surface area (Å²) in [6.07, 6.45) is 1.58. The van der Waals surface area contributed by atoms with Gasteiger partial charge in [0.2, 0.25) is 0 Å². The first kappa shape index (κ1) is 6.28. The van der Waals surface area contributed by atoms with Crippen LogP contribution in [0, 0.1) is 0 Å². The van der Waals surface area contributed by atoms with Crippen molar-refractivity contribution in [3.63, 3.8) is 0 Å². The van der Waals surface area contributed by atoms with Crippen LogP contribution in [-0.4, -0.2) is 18.0 Å². The Morgan fingerprint density at radius 3 is 2.40 bits per heavy atom. The molecule has 2 rings (SSSR count). The summed E-state index contributed by atoms with van der Waals surface area (Å²) < 4.78 is 25.8. The van der Waals surface area contributed by atoms with Crippen LogP contribution in [0.3, 0.4) is 0 Å². The van der Waals surface area contributed by atoms with E-state index in [-0.39, 0.29) is 6.42 Å². The Morgan fingerprint density at radius 2 is 2.20 bits per heavy atom. The van der Waals surface area contributed by atoms with Crippen LogP contribution in [0.5, 0.6) is 0 Å². The second kappa shape index (κ2) is 1.42. The van der Waals surface area contributed by atoms with E-state index < -0.39 is 11.5 Å². The van der Waals surface area contributed by atoms with Gasteiger partial charge in [0.15, 0.2) is 0 Å². The minimum Gasteiger partial charge on any atom is -0.299 e. The minimum absolute atomic E-state index is 0.0269. The third-order valence-corrected chi connectivity index (χ3v) is 2.39. The normalized spacial score (nSPS) is 42.1. The topological polar surface area (TPSA) is 12.0 Å². The average Bonchev–Trinajstić information content (AvgIpc) is 2.34. The van der Waals surface area contributed by atoms with Crippen LogP contribution < -0.4 is 5.32 Å². The molecule has 0 bridgehead atoms. The highest BCUT2D eigenvalue weighted by Gasteiger charge is 2.63. The Labute approximate surface area is 58.1 Å². The van der Waals surface area contributed by atoms with Gasteiger partial charge in [-0.3, -0.25) is 5.32 Å². The van der Waals surface area contributed by atoms with Crippen molar-refractivity contribution in [2.45, 2.75) is 24.8 Å². The third-order valence-electron chi connectivity index (χ3n) is 2.39. The second-order valence-electron chi connectivity index (χ2n) is 3.02. The van der Waals surface area contributed by atoms with Crippen LogP contribution in [0.15, 0.2) is 11.6 Å². The van der Waals surface area contributed by atoms with Crippen molar-refractivity contribution in [1.29, 1.82) is 0 Å². The molecule has 0 saturated carbocycles. The first-order chi connectivity index (χ1) is 4.58. The maximum atomic E-state index is 12.9. The summed E-state index contributed by atoms with van der Waals surface area (Å²) in [6.45, 7) is 2.17. The molecule has 1 spiro atoms. The summed E-state index contributed by atoms with van der Waals surface area (Å²) in [5, 5.41) is 2.80. The van der Waals surface area contributed by atoms with Gasteiger partial charge in [-0.1, -0.05) is 6.08 Å². The molecule has 0 aromatic carbocycles. The number of halogens is 2. The van der Waals surface area contributed by atoms with Crippen molar-refractivity contribution in [2.24, 2.45) is 0 Å². The van der Waals surface area contributed by atoms with Gasteiger partial charge in [0.25, 0.3) is 5.92 Å². The van der Waals surface area contributed by atoms with Gasteiger partial charge in [-0.15, -0.1) is 0 Å². The Morgan fingerprint density at radius 1 is 1.60 bits per heavy atom. The van der Waals surface area contributed by atoms with Gasteiger partial charge in [-0.05, 0) is 12.5 Å². The zero-order chi connectivity index (χ0) is 7.41.